The van der Waals surface area contributed by atoms with Crippen molar-refractivity contribution in [3.63, 3.8) is 0 Å². The predicted octanol–water partition coefficient (Wildman–Crippen LogP) is 3.58. The summed E-state index contributed by atoms with van der Waals surface area (Å²) >= 11 is 1.28. The van der Waals surface area contributed by atoms with Crippen LogP contribution in [0.4, 0.5) is 11.9 Å². The summed E-state index contributed by atoms with van der Waals surface area (Å²) in [6.45, 7) is 5.71. The predicted molar refractivity (Wildman–Crippen MR) is 132 cm³/mol. The van der Waals surface area contributed by atoms with Crippen LogP contribution in [0.1, 0.15) is 19.4 Å². The number of carbonyl (C=O) groups is 1. The Hall–Kier alpha value is -3.86. The van der Waals surface area contributed by atoms with Crippen LogP contribution in [0.25, 0.3) is 5.78 Å². The number of ether oxygens (including phenoxy) is 1. The molecule has 0 saturated heterocycles. The van der Waals surface area contributed by atoms with E-state index in [9.17, 15) is 4.79 Å². The average Bonchev–Trinajstić information content (AvgIpc) is 3.26. The summed E-state index contributed by atoms with van der Waals surface area (Å²) in [6, 6.07) is 17.2. The van der Waals surface area contributed by atoms with Crippen LogP contribution in [-0.2, 0) is 11.3 Å². The molecule has 2 aromatic carbocycles. The van der Waals surface area contributed by atoms with Gasteiger partial charge in [0, 0.05) is 19.6 Å². The third-order valence-corrected chi connectivity index (χ3v) is 5.54. The van der Waals surface area contributed by atoms with Crippen molar-refractivity contribution in [1.82, 2.24) is 29.9 Å². The van der Waals surface area contributed by atoms with Gasteiger partial charge < -0.3 is 20.7 Å². The number of benzene rings is 2. The number of hydrogen-bond donors (Lipinski definition) is 3. The van der Waals surface area contributed by atoms with Crippen molar-refractivity contribution in [3.05, 3.63) is 60.2 Å². The number of para-hydroxylation sites is 1. The van der Waals surface area contributed by atoms with E-state index in [1.807, 2.05) is 68.4 Å². The third-order valence-electron chi connectivity index (χ3n) is 4.61. The van der Waals surface area contributed by atoms with Crippen molar-refractivity contribution in [2.24, 2.45) is 0 Å². The maximum atomic E-state index is 12.5. The summed E-state index contributed by atoms with van der Waals surface area (Å²) in [4.78, 5) is 21.3. The highest BCUT2D eigenvalue weighted by Gasteiger charge is 2.15. The fourth-order valence-corrected chi connectivity index (χ4v) is 3.88. The first kappa shape index (κ1) is 23.3. The summed E-state index contributed by atoms with van der Waals surface area (Å²) in [5, 5.41) is 18.1. The van der Waals surface area contributed by atoms with Crippen LogP contribution in [0, 0.1) is 0 Å². The maximum Gasteiger partial charge on any atom is 0.261 e. The summed E-state index contributed by atoms with van der Waals surface area (Å²) in [5.41, 5.74) is 0.943. The molecule has 10 nitrogen and oxygen atoms in total. The molecule has 0 bridgehead atoms. The van der Waals surface area contributed by atoms with Crippen molar-refractivity contribution < 1.29 is 9.53 Å². The number of amides is 1. The van der Waals surface area contributed by atoms with Crippen LogP contribution in [0.3, 0.4) is 0 Å². The first-order valence-electron chi connectivity index (χ1n) is 11.0. The van der Waals surface area contributed by atoms with Gasteiger partial charge in [0.05, 0.1) is 5.75 Å². The fraction of sp³-hybridized carbons (Fsp3) is 0.261. The average molecular weight is 479 g/mol. The van der Waals surface area contributed by atoms with Gasteiger partial charge in [-0.05, 0) is 43.7 Å². The number of rotatable bonds is 11. The van der Waals surface area contributed by atoms with Crippen LogP contribution in [0.15, 0.2) is 59.8 Å². The molecule has 0 aliphatic rings. The molecule has 0 fully saturated rings. The number of hydrogen-bond acceptors (Lipinski definition) is 9. The monoisotopic (exact) mass is 478 g/mol. The van der Waals surface area contributed by atoms with Crippen molar-refractivity contribution >= 4 is 35.3 Å². The molecule has 176 valence electrons. The minimum Gasteiger partial charge on any atom is -0.457 e. The SMILES string of the molecule is CCNc1nc(NCC)n2c(SCC(=O)NCc3cccc(Oc4ccccc4)c3)nnc2n1. The van der Waals surface area contributed by atoms with Crippen molar-refractivity contribution in [1.29, 1.82) is 0 Å². The van der Waals surface area contributed by atoms with E-state index < -0.39 is 0 Å². The lowest BCUT2D eigenvalue weighted by Crippen LogP contribution is -2.24. The standard InChI is InChI=1S/C23H26N8O2S/c1-3-24-20-27-21(25-4-2)31-22(28-20)29-30-23(31)34-15-19(32)26-14-16-9-8-12-18(13-16)33-17-10-6-5-7-11-17/h5-13H,3-4,14-15H2,1-2H3,(H,26,32)(H2,24,25,27,28,29). The largest absolute Gasteiger partial charge is 0.457 e. The van der Waals surface area contributed by atoms with Crippen molar-refractivity contribution in [2.45, 2.75) is 25.5 Å². The van der Waals surface area contributed by atoms with Crippen molar-refractivity contribution in [3.8, 4) is 11.5 Å². The normalized spacial score (nSPS) is 10.8. The minimum absolute atomic E-state index is 0.119. The first-order valence-corrected chi connectivity index (χ1v) is 12.0. The van der Waals surface area contributed by atoms with Gasteiger partial charge in [-0.25, -0.2) is 4.40 Å². The van der Waals surface area contributed by atoms with E-state index in [1.165, 1.54) is 11.8 Å². The Labute approximate surface area is 201 Å². The Morgan fingerprint density at radius 1 is 0.971 bits per heavy atom. The second kappa shape index (κ2) is 11.3. The van der Waals surface area contributed by atoms with Crippen LogP contribution in [0.5, 0.6) is 11.5 Å². The Balaban J connectivity index is 1.36. The lowest BCUT2D eigenvalue weighted by atomic mass is 10.2. The zero-order valence-electron chi connectivity index (χ0n) is 19.0. The number of carbonyl (C=O) groups excluding carboxylic acids is 1. The molecule has 3 N–H and O–H groups in total. The molecule has 0 spiro atoms. The minimum atomic E-state index is -0.119. The summed E-state index contributed by atoms with van der Waals surface area (Å²) < 4.78 is 7.58. The van der Waals surface area contributed by atoms with E-state index >= 15 is 0 Å². The summed E-state index contributed by atoms with van der Waals surface area (Å²) in [7, 11) is 0. The van der Waals surface area contributed by atoms with Gasteiger partial charge in [0.1, 0.15) is 11.5 Å². The van der Waals surface area contributed by atoms with E-state index in [0.29, 0.717) is 42.5 Å². The molecular formula is C23H26N8O2S. The number of fused-ring (bicyclic) bond motifs is 1. The van der Waals surface area contributed by atoms with E-state index in [-0.39, 0.29) is 11.7 Å². The number of nitrogens with zero attached hydrogens (tertiary/aromatic N) is 5. The number of aromatic nitrogens is 5. The Morgan fingerprint density at radius 2 is 1.76 bits per heavy atom. The Morgan fingerprint density at radius 3 is 2.56 bits per heavy atom. The van der Waals surface area contributed by atoms with Crippen LogP contribution < -0.4 is 20.7 Å². The lowest BCUT2D eigenvalue weighted by Gasteiger charge is -2.10. The van der Waals surface area contributed by atoms with Gasteiger partial charge >= 0.3 is 0 Å². The molecule has 0 aliphatic carbocycles. The van der Waals surface area contributed by atoms with Gasteiger partial charge in [-0.2, -0.15) is 9.97 Å². The third kappa shape index (κ3) is 5.93. The molecule has 1 amide bonds. The molecule has 0 saturated carbocycles. The molecule has 4 aromatic rings. The van der Waals surface area contributed by atoms with Gasteiger partial charge in [-0.1, -0.05) is 42.1 Å². The molecule has 0 aliphatic heterocycles. The highest BCUT2D eigenvalue weighted by molar-refractivity contribution is 7.99. The highest BCUT2D eigenvalue weighted by atomic mass is 32.2. The molecule has 0 unspecified atom stereocenters. The van der Waals surface area contributed by atoms with Gasteiger partial charge in [-0.15, -0.1) is 10.2 Å². The van der Waals surface area contributed by atoms with Crippen LogP contribution >= 0.6 is 11.8 Å². The fourth-order valence-electron chi connectivity index (χ4n) is 3.12. The van der Waals surface area contributed by atoms with E-state index in [0.717, 1.165) is 17.1 Å². The summed E-state index contributed by atoms with van der Waals surface area (Å²) in [5.74, 6) is 3.01. The molecule has 2 heterocycles. The molecular weight excluding hydrogens is 452 g/mol. The Kier molecular flexibility index (Phi) is 7.76. The van der Waals surface area contributed by atoms with Crippen LogP contribution in [-0.4, -0.2) is 49.3 Å². The van der Waals surface area contributed by atoms with E-state index in [1.54, 1.807) is 4.40 Å². The number of anilines is 2. The summed E-state index contributed by atoms with van der Waals surface area (Å²) in [6.07, 6.45) is 0. The molecule has 0 atom stereocenters. The lowest BCUT2D eigenvalue weighted by molar-refractivity contribution is -0.118. The quantitative estimate of drug-likeness (QED) is 0.278. The first-order chi connectivity index (χ1) is 16.7. The molecule has 2 aromatic heterocycles. The van der Waals surface area contributed by atoms with Crippen LogP contribution in [0.2, 0.25) is 0 Å². The molecule has 11 heteroatoms. The van der Waals surface area contributed by atoms with Gasteiger partial charge in [0.15, 0.2) is 5.16 Å². The molecule has 34 heavy (non-hydrogen) atoms. The molecule has 0 radical (unpaired) electrons. The zero-order chi connectivity index (χ0) is 23.8. The topological polar surface area (TPSA) is 118 Å². The highest BCUT2D eigenvalue weighted by Crippen LogP contribution is 2.23. The Bertz CT molecular complexity index is 1250. The second-order valence-corrected chi connectivity index (χ2v) is 8.12. The van der Waals surface area contributed by atoms with Gasteiger partial charge in [-0.3, -0.25) is 4.79 Å². The number of nitrogens with one attached hydrogen (secondary N) is 3. The van der Waals surface area contributed by atoms with Gasteiger partial charge in [0.2, 0.25) is 17.8 Å². The van der Waals surface area contributed by atoms with Gasteiger partial charge in [0.25, 0.3) is 5.78 Å². The number of thioether (sulfide) groups is 1. The van der Waals surface area contributed by atoms with E-state index in [2.05, 4.69) is 36.1 Å². The smallest absolute Gasteiger partial charge is 0.261 e. The molecule has 4 rings (SSSR count). The second-order valence-electron chi connectivity index (χ2n) is 7.18. The maximum absolute atomic E-state index is 12.5. The van der Waals surface area contributed by atoms with E-state index in [4.69, 9.17) is 4.74 Å². The zero-order valence-corrected chi connectivity index (χ0v) is 19.8. The van der Waals surface area contributed by atoms with Crippen molar-refractivity contribution in [2.75, 3.05) is 29.5 Å².